The number of hydrogen-bond donors (Lipinski definition) is 0. The molecule has 0 saturated carbocycles. The van der Waals surface area contributed by atoms with Gasteiger partial charge in [0.2, 0.25) is 0 Å². The molecule has 0 rings (SSSR count). The molecule has 0 aromatic carbocycles. The second kappa shape index (κ2) is 9.77. The van der Waals surface area contributed by atoms with E-state index in [2.05, 4.69) is 0 Å². The van der Waals surface area contributed by atoms with E-state index < -0.39 is 25.7 Å². The first-order valence-electron chi connectivity index (χ1n) is 2.18. The third-order valence-corrected chi connectivity index (χ3v) is 0.850. The molecule has 0 heterocycles. The molecule has 15 heavy (non-hydrogen) atoms. The summed E-state index contributed by atoms with van der Waals surface area (Å²) >= 11 is 0. The average Bonchev–Trinajstić information content (AvgIpc) is 1.50. The predicted octanol–water partition coefficient (Wildman–Crippen LogP) is -6.78. The molecule has 0 radical (unpaired) electrons. The summed E-state index contributed by atoms with van der Waals surface area (Å²) in [5, 5.41) is 0. The predicted molar refractivity (Wildman–Crippen MR) is 31.4 cm³/mol. The molecule has 0 amide bonds. The molecule has 0 saturated heterocycles. The zero-order chi connectivity index (χ0) is 11.5. The van der Waals surface area contributed by atoms with Crippen molar-refractivity contribution >= 4 is 20.2 Å². The van der Waals surface area contributed by atoms with Crippen LogP contribution in [0.3, 0.4) is 0 Å². The van der Waals surface area contributed by atoms with Gasteiger partial charge in [0.05, 0.1) is 10.1 Å². The smallest absolute Gasteiger partial charge is 0.748 e. The van der Waals surface area contributed by atoms with Gasteiger partial charge in [-0.05, 0) is 0 Å². The second-order valence-corrected chi connectivity index (χ2v) is 4.38. The normalized spacial score (nSPS) is 11.3. The van der Waals surface area contributed by atoms with Crippen molar-refractivity contribution in [3.63, 3.8) is 0 Å². The number of hydrogen-bond acceptors (Lipinski definition) is 6. The van der Waals surface area contributed by atoms with Gasteiger partial charge in [0, 0.05) is 6.26 Å². The molecule has 0 aliphatic carbocycles. The van der Waals surface area contributed by atoms with Gasteiger partial charge in [-0.3, -0.25) is 0 Å². The molecule has 0 fully saturated rings. The summed E-state index contributed by atoms with van der Waals surface area (Å²) in [6.45, 7) is 0. The third kappa shape index (κ3) is 26.5. The van der Waals surface area contributed by atoms with Crippen molar-refractivity contribution < 1.29 is 142 Å². The first-order valence-corrected chi connectivity index (χ1v) is 5.40. The Labute approximate surface area is 170 Å². The zero-order valence-corrected chi connectivity index (χ0v) is 15.8. The maximum absolute atomic E-state index is 10.7. The Morgan fingerprint density at radius 3 is 1.00 bits per heavy atom. The topological polar surface area (TPSA) is 114 Å². The van der Waals surface area contributed by atoms with Crippen LogP contribution in [0.2, 0.25) is 0 Å². The molecule has 0 unspecified atom stereocenters. The maximum Gasteiger partial charge on any atom is 1.00 e. The van der Waals surface area contributed by atoms with Crippen molar-refractivity contribution in [3.8, 4) is 0 Å². The van der Waals surface area contributed by atoms with Crippen LogP contribution in [-0.2, 0) is 20.2 Å². The molecule has 0 bridgehead atoms. The minimum absolute atomic E-state index is 0. The van der Waals surface area contributed by atoms with E-state index in [9.17, 15) is 13.2 Å². The number of rotatable bonds is 0. The van der Waals surface area contributed by atoms with Crippen LogP contribution in [-0.4, -0.2) is 37.7 Å². The van der Waals surface area contributed by atoms with Gasteiger partial charge in [0.1, 0.15) is 0 Å². The van der Waals surface area contributed by atoms with Crippen LogP contribution >= 0.6 is 0 Å². The largest absolute Gasteiger partial charge is 1.00 e. The van der Waals surface area contributed by atoms with Crippen LogP contribution in [0, 0.1) is 0 Å². The summed E-state index contributed by atoms with van der Waals surface area (Å²) < 4.78 is 86.1. The summed E-state index contributed by atoms with van der Waals surface area (Å²) in [6, 6.07) is 0. The van der Waals surface area contributed by atoms with E-state index >= 15 is 0 Å². The fourth-order valence-corrected chi connectivity index (χ4v) is 0. The molecule has 0 spiro atoms. The quantitative estimate of drug-likeness (QED) is 0.249. The fourth-order valence-electron chi connectivity index (χ4n) is 0. The van der Waals surface area contributed by atoms with Crippen LogP contribution < -0.4 is 103 Å². The van der Waals surface area contributed by atoms with E-state index in [1.54, 1.807) is 0 Å². The Bertz CT molecular complexity index is 335. The standard InChI is InChI=1S/CHF3O3S.CH4O3S.2K/c2-1(3,4)8(5,6)7;1-5(2,3)4;;/h(H,5,6,7);1H3,(H,2,3,4);;/q;;2*+1/p-2. The summed E-state index contributed by atoms with van der Waals surface area (Å²) in [6.07, 6.45) is 0.604. The Balaban J connectivity index is -0.0000000770. The van der Waals surface area contributed by atoms with Gasteiger partial charge < -0.3 is 9.11 Å². The molecule has 0 aliphatic heterocycles. The van der Waals surface area contributed by atoms with Gasteiger partial charge >= 0.3 is 108 Å². The Morgan fingerprint density at radius 2 is 1.00 bits per heavy atom. The summed E-state index contributed by atoms with van der Waals surface area (Å²) in [7, 11) is -10.0. The van der Waals surface area contributed by atoms with Crippen molar-refractivity contribution in [1.29, 1.82) is 0 Å². The first-order chi connectivity index (χ1) is 5.25. The van der Waals surface area contributed by atoms with Crippen LogP contribution in [0.4, 0.5) is 13.2 Å². The zero-order valence-electron chi connectivity index (χ0n) is 7.90. The molecule has 0 aromatic heterocycles. The van der Waals surface area contributed by atoms with E-state index in [0.29, 0.717) is 6.26 Å². The SMILES string of the molecule is CS(=O)(=O)[O-].O=S(=O)([O-])C(F)(F)F.[K+].[K+]. The first kappa shape index (κ1) is 26.4. The molecule has 6 nitrogen and oxygen atoms in total. The van der Waals surface area contributed by atoms with Crippen LogP contribution in [0.5, 0.6) is 0 Å². The molecular formula is C2H3F3K2O6S2. The van der Waals surface area contributed by atoms with Crippen molar-refractivity contribution in [2.45, 2.75) is 5.51 Å². The molecule has 0 N–H and O–H groups in total. The van der Waals surface area contributed by atoms with Gasteiger partial charge in [-0.2, -0.15) is 13.2 Å². The number of halogens is 3. The summed E-state index contributed by atoms with van der Waals surface area (Å²) in [5.74, 6) is 0. The average molecular weight is 322 g/mol. The molecule has 0 aliphatic rings. The monoisotopic (exact) mass is 322 g/mol. The Hall–Kier alpha value is 2.88. The molecule has 0 atom stereocenters. The van der Waals surface area contributed by atoms with E-state index in [-0.39, 0.29) is 103 Å². The maximum atomic E-state index is 10.7. The van der Waals surface area contributed by atoms with Crippen molar-refractivity contribution in [1.82, 2.24) is 0 Å². The minimum Gasteiger partial charge on any atom is -0.748 e. The van der Waals surface area contributed by atoms with Gasteiger partial charge in [0.15, 0.2) is 10.1 Å². The van der Waals surface area contributed by atoms with E-state index in [1.165, 1.54) is 0 Å². The van der Waals surface area contributed by atoms with Gasteiger partial charge in [-0.1, -0.05) is 0 Å². The molecular weight excluding hydrogens is 319 g/mol. The van der Waals surface area contributed by atoms with Crippen molar-refractivity contribution in [2.75, 3.05) is 6.26 Å². The molecule has 0 aromatic rings. The summed E-state index contributed by atoms with van der Waals surface area (Å²) in [5.41, 5.74) is -5.65. The summed E-state index contributed by atoms with van der Waals surface area (Å²) in [4.78, 5) is 0. The van der Waals surface area contributed by atoms with E-state index in [1.807, 2.05) is 0 Å². The van der Waals surface area contributed by atoms with Gasteiger partial charge in [-0.25, -0.2) is 16.8 Å². The molecule has 13 heteroatoms. The van der Waals surface area contributed by atoms with Crippen LogP contribution in [0.1, 0.15) is 0 Å². The van der Waals surface area contributed by atoms with Crippen LogP contribution in [0.15, 0.2) is 0 Å². The van der Waals surface area contributed by atoms with E-state index in [4.69, 9.17) is 25.9 Å². The molecule has 82 valence electrons. The fraction of sp³-hybridized carbons (Fsp3) is 1.00. The van der Waals surface area contributed by atoms with Crippen molar-refractivity contribution in [2.24, 2.45) is 0 Å². The van der Waals surface area contributed by atoms with Crippen molar-refractivity contribution in [3.05, 3.63) is 0 Å². The van der Waals surface area contributed by atoms with Gasteiger partial charge in [0.25, 0.3) is 0 Å². The second-order valence-electron chi connectivity index (χ2n) is 1.60. The van der Waals surface area contributed by atoms with E-state index in [0.717, 1.165) is 0 Å². The van der Waals surface area contributed by atoms with Crippen LogP contribution in [0.25, 0.3) is 0 Å². The Morgan fingerprint density at radius 1 is 0.933 bits per heavy atom. The van der Waals surface area contributed by atoms with Gasteiger partial charge in [-0.15, -0.1) is 0 Å². The number of alkyl halides is 3. The third-order valence-electron chi connectivity index (χ3n) is 0.283. The minimum atomic E-state index is -6.09. The Kier molecular flexibility index (Phi) is 17.2.